The molecule has 0 heterocycles. The van der Waals surface area contributed by atoms with Crippen LogP contribution in [-0.2, 0) is 0 Å². The van der Waals surface area contributed by atoms with Crippen molar-refractivity contribution >= 4 is 17.4 Å². The van der Waals surface area contributed by atoms with E-state index >= 15 is 0 Å². The molecule has 0 aliphatic rings. The number of carboxylic acids is 1. The summed E-state index contributed by atoms with van der Waals surface area (Å²) in [5.41, 5.74) is 5.33. The highest BCUT2D eigenvalue weighted by Gasteiger charge is 2.08. The Morgan fingerprint density at radius 2 is 2.00 bits per heavy atom. The lowest BCUT2D eigenvalue weighted by molar-refractivity contribution is 0.0698. The summed E-state index contributed by atoms with van der Waals surface area (Å²) in [5, 5.41) is 22.1. The number of anilines is 1. The van der Waals surface area contributed by atoms with Gasteiger partial charge in [-0.1, -0.05) is 24.3 Å². The Morgan fingerprint density at radius 1 is 1.24 bits per heavy atom. The summed E-state index contributed by atoms with van der Waals surface area (Å²) in [6.07, 6.45) is 0. The van der Waals surface area contributed by atoms with Gasteiger partial charge in [-0.25, -0.2) is 4.79 Å². The van der Waals surface area contributed by atoms with Crippen LogP contribution in [0.25, 0.3) is 0 Å². The second-order valence-corrected chi connectivity index (χ2v) is 4.35. The fraction of sp³-hybridized carbons (Fsp3) is 0.0625. The Labute approximate surface area is 122 Å². The number of rotatable bonds is 4. The van der Waals surface area contributed by atoms with Crippen LogP contribution >= 0.6 is 0 Å². The molecule has 104 valence electrons. The van der Waals surface area contributed by atoms with Crippen molar-refractivity contribution in [1.82, 2.24) is 0 Å². The minimum atomic E-state index is -1.02. The molecule has 0 atom stereocenters. The molecule has 0 saturated carbocycles. The minimum absolute atomic E-state index is 0.153. The van der Waals surface area contributed by atoms with E-state index in [2.05, 4.69) is 16.6 Å². The van der Waals surface area contributed by atoms with Crippen molar-refractivity contribution in [3.63, 3.8) is 0 Å². The van der Waals surface area contributed by atoms with Gasteiger partial charge in [-0.3, -0.25) is 5.43 Å². The van der Waals surface area contributed by atoms with Gasteiger partial charge >= 0.3 is 5.97 Å². The maximum Gasteiger partial charge on any atom is 0.337 e. The maximum atomic E-state index is 11.1. The van der Waals surface area contributed by atoms with Crippen LogP contribution in [0.4, 0.5) is 5.69 Å². The highest BCUT2D eigenvalue weighted by molar-refractivity contribution is 6.00. The van der Waals surface area contributed by atoms with Crippen molar-refractivity contribution in [1.29, 1.82) is 5.26 Å². The summed E-state index contributed by atoms with van der Waals surface area (Å²) < 4.78 is 0. The zero-order valence-electron chi connectivity index (χ0n) is 11.4. The lowest BCUT2D eigenvalue weighted by Crippen LogP contribution is -2.04. The lowest BCUT2D eigenvalue weighted by atomic mass is 10.1. The Morgan fingerprint density at radius 3 is 2.71 bits per heavy atom. The smallest absolute Gasteiger partial charge is 0.337 e. The van der Waals surface area contributed by atoms with Crippen LogP contribution in [0.5, 0.6) is 0 Å². The minimum Gasteiger partial charge on any atom is -0.478 e. The molecule has 2 aromatic rings. The second-order valence-electron chi connectivity index (χ2n) is 4.35. The van der Waals surface area contributed by atoms with E-state index in [9.17, 15) is 4.79 Å². The first-order valence-corrected chi connectivity index (χ1v) is 6.25. The molecule has 5 nitrogen and oxygen atoms in total. The molecular weight excluding hydrogens is 266 g/mol. The summed E-state index contributed by atoms with van der Waals surface area (Å²) in [6, 6.07) is 15.7. The van der Waals surface area contributed by atoms with Crippen LogP contribution in [0.1, 0.15) is 28.4 Å². The summed E-state index contributed by atoms with van der Waals surface area (Å²) >= 11 is 0. The van der Waals surface area contributed by atoms with E-state index in [0.717, 1.165) is 5.56 Å². The van der Waals surface area contributed by atoms with Crippen LogP contribution in [0, 0.1) is 11.3 Å². The van der Waals surface area contributed by atoms with Crippen molar-refractivity contribution in [2.75, 3.05) is 5.43 Å². The molecule has 0 aliphatic heterocycles. The number of carbonyl (C=O) groups is 1. The van der Waals surface area contributed by atoms with Gasteiger partial charge in [-0.05, 0) is 36.8 Å². The molecule has 2 rings (SSSR count). The molecule has 0 fully saturated rings. The van der Waals surface area contributed by atoms with E-state index in [4.69, 9.17) is 10.4 Å². The SMILES string of the molecule is C/C(=N/Nc1ccccc1C(=O)O)c1cccc(C#N)c1. The number of aromatic carboxylic acids is 1. The van der Waals surface area contributed by atoms with Crippen molar-refractivity contribution in [2.24, 2.45) is 5.10 Å². The molecular formula is C16H13N3O2. The molecule has 0 unspecified atom stereocenters. The molecule has 21 heavy (non-hydrogen) atoms. The van der Waals surface area contributed by atoms with Gasteiger partial charge in [0.25, 0.3) is 0 Å². The fourth-order valence-corrected chi connectivity index (χ4v) is 1.79. The molecule has 0 amide bonds. The normalized spacial score (nSPS) is 10.8. The number of nitriles is 1. The van der Waals surface area contributed by atoms with Crippen molar-refractivity contribution in [3.8, 4) is 6.07 Å². The van der Waals surface area contributed by atoms with Crippen LogP contribution in [0.15, 0.2) is 53.6 Å². The van der Waals surface area contributed by atoms with Crippen molar-refractivity contribution < 1.29 is 9.90 Å². The summed E-state index contributed by atoms with van der Waals surface area (Å²) in [5.74, 6) is -1.02. The largest absolute Gasteiger partial charge is 0.478 e. The Kier molecular flexibility index (Phi) is 4.32. The number of hydrogen-bond acceptors (Lipinski definition) is 4. The molecule has 0 spiro atoms. The number of nitrogens with one attached hydrogen (secondary N) is 1. The molecule has 2 N–H and O–H groups in total. The summed E-state index contributed by atoms with van der Waals surface area (Å²) in [4.78, 5) is 11.1. The van der Waals surface area contributed by atoms with Crippen LogP contribution < -0.4 is 5.43 Å². The number of benzene rings is 2. The quantitative estimate of drug-likeness (QED) is 0.665. The molecule has 2 aromatic carbocycles. The van der Waals surface area contributed by atoms with E-state index < -0.39 is 5.97 Å². The Hall–Kier alpha value is -3.13. The van der Waals surface area contributed by atoms with Gasteiger partial charge in [0.15, 0.2) is 0 Å². The van der Waals surface area contributed by atoms with Gasteiger partial charge in [-0.15, -0.1) is 0 Å². The zero-order valence-corrected chi connectivity index (χ0v) is 11.4. The molecule has 0 bridgehead atoms. The average molecular weight is 279 g/mol. The molecule has 5 heteroatoms. The van der Waals surface area contributed by atoms with Gasteiger partial charge in [0.2, 0.25) is 0 Å². The van der Waals surface area contributed by atoms with E-state index in [-0.39, 0.29) is 5.56 Å². The van der Waals surface area contributed by atoms with Crippen molar-refractivity contribution in [2.45, 2.75) is 6.92 Å². The van der Waals surface area contributed by atoms with Gasteiger partial charge in [0.05, 0.1) is 28.6 Å². The van der Waals surface area contributed by atoms with Crippen molar-refractivity contribution in [3.05, 3.63) is 65.2 Å². The number of nitrogens with zero attached hydrogens (tertiary/aromatic N) is 2. The standard InChI is InChI=1S/C16H13N3O2/c1-11(13-6-4-5-12(9-13)10-17)18-19-15-8-3-2-7-14(15)16(20)21/h2-9,19H,1H3,(H,20,21)/b18-11-. The molecule has 0 saturated heterocycles. The first-order valence-electron chi connectivity index (χ1n) is 6.25. The van der Waals surface area contributed by atoms with E-state index in [1.165, 1.54) is 6.07 Å². The lowest BCUT2D eigenvalue weighted by Gasteiger charge is -2.06. The monoisotopic (exact) mass is 279 g/mol. The fourth-order valence-electron chi connectivity index (χ4n) is 1.79. The van der Waals surface area contributed by atoms with Gasteiger partial charge in [-0.2, -0.15) is 10.4 Å². The van der Waals surface area contributed by atoms with Gasteiger partial charge < -0.3 is 5.11 Å². The first kappa shape index (κ1) is 14.3. The number of carboxylic acid groups (broad SMARTS) is 1. The van der Waals surface area contributed by atoms with Gasteiger partial charge in [0.1, 0.15) is 0 Å². The summed E-state index contributed by atoms with van der Waals surface area (Å²) in [7, 11) is 0. The molecule has 0 radical (unpaired) electrons. The van der Waals surface area contributed by atoms with E-state index in [1.54, 1.807) is 43.3 Å². The number of para-hydroxylation sites is 1. The third kappa shape index (κ3) is 3.45. The highest BCUT2D eigenvalue weighted by atomic mass is 16.4. The predicted octanol–water partition coefficient (Wildman–Crippen LogP) is 3.09. The zero-order chi connectivity index (χ0) is 15.2. The highest BCUT2D eigenvalue weighted by Crippen LogP contribution is 2.15. The van der Waals surface area contributed by atoms with Gasteiger partial charge in [0, 0.05) is 0 Å². The van der Waals surface area contributed by atoms with Crippen LogP contribution in [0.2, 0.25) is 0 Å². The Balaban J connectivity index is 2.25. The summed E-state index contributed by atoms with van der Waals surface area (Å²) in [6.45, 7) is 1.78. The topological polar surface area (TPSA) is 85.5 Å². The molecule has 0 aliphatic carbocycles. The maximum absolute atomic E-state index is 11.1. The third-order valence-electron chi connectivity index (χ3n) is 2.91. The van der Waals surface area contributed by atoms with E-state index in [0.29, 0.717) is 17.0 Å². The van der Waals surface area contributed by atoms with Crippen LogP contribution in [-0.4, -0.2) is 16.8 Å². The first-order chi connectivity index (χ1) is 10.1. The van der Waals surface area contributed by atoms with Crippen LogP contribution in [0.3, 0.4) is 0 Å². The predicted molar refractivity (Wildman–Crippen MR) is 80.4 cm³/mol. The second kappa shape index (κ2) is 6.35. The molecule has 0 aromatic heterocycles. The average Bonchev–Trinajstić information content (AvgIpc) is 2.52. The Bertz CT molecular complexity index is 745. The number of hydrazone groups is 1. The van der Waals surface area contributed by atoms with E-state index in [1.807, 2.05) is 6.07 Å². The number of hydrogen-bond donors (Lipinski definition) is 2. The third-order valence-corrected chi connectivity index (χ3v) is 2.91.